The van der Waals surface area contributed by atoms with Crippen LogP contribution < -0.4 is 0 Å². The van der Waals surface area contributed by atoms with E-state index in [0.717, 1.165) is 11.1 Å². The van der Waals surface area contributed by atoms with Crippen molar-refractivity contribution in [3.8, 4) is 0 Å². The highest BCUT2D eigenvalue weighted by Crippen LogP contribution is 2.06. The van der Waals surface area contributed by atoms with Gasteiger partial charge in [-0.3, -0.25) is 4.21 Å². The summed E-state index contributed by atoms with van der Waals surface area (Å²) >= 11 is 0. The van der Waals surface area contributed by atoms with E-state index in [1.807, 2.05) is 66.7 Å². The molecule has 0 amide bonds. The van der Waals surface area contributed by atoms with Crippen LogP contribution in [0.1, 0.15) is 11.1 Å². The lowest BCUT2D eigenvalue weighted by atomic mass is 10.2. The topological polar surface area (TPSA) is 17.1 Å². The summed E-state index contributed by atoms with van der Waals surface area (Å²) in [6.45, 7) is 0. The summed E-state index contributed by atoms with van der Waals surface area (Å²) < 4.78 is 11.8. The summed E-state index contributed by atoms with van der Waals surface area (Å²) in [6, 6.07) is 19.8. The Morgan fingerprint density at radius 3 is 2.12 bits per heavy atom. The quantitative estimate of drug-likeness (QED) is 0.800. The normalized spacial score (nSPS) is 12.7. The molecule has 0 heterocycles. The predicted molar refractivity (Wildman–Crippen MR) is 73.8 cm³/mol. The SMILES string of the molecule is O=S(C=Cc1ccccc1)Cc1ccccc1. The highest BCUT2D eigenvalue weighted by molar-refractivity contribution is 7.87. The van der Waals surface area contributed by atoms with Crippen molar-refractivity contribution in [2.24, 2.45) is 0 Å². The average Bonchev–Trinajstić information content (AvgIpc) is 2.39. The van der Waals surface area contributed by atoms with E-state index in [2.05, 4.69) is 0 Å². The summed E-state index contributed by atoms with van der Waals surface area (Å²) in [5.74, 6) is 0.574. The smallest absolute Gasteiger partial charge is 0.0526 e. The van der Waals surface area contributed by atoms with E-state index in [1.54, 1.807) is 5.41 Å². The third kappa shape index (κ3) is 4.00. The zero-order valence-electron chi connectivity index (χ0n) is 9.45. The maximum absolute atomic E-state index is 11.8. The van der Waals surface area contributed by atoms with Crippen molar-refractivity contribution in [2.75, 3.05) is 0 Å². The lowest BCUT2D eigenvalue weighted by Crippen LogP contribution is -1.90. The Balaban J connectivity index is 1.96. The van der Waals surface area contributed by atoms with Crippen LogP contribution in [0.5, 0.6) is 0 Å². The zero-order chi connectivity index (χ0) is 11.9. The fourth-order valence-corrected chi connectivity index (χ4v) is 2.43. The van der Waals surface area contributed by atoms with Gasteiger partial charge in [-0.2, -0.15) is 0 Å². The lowest BCUT2D eigenvalue weighted by Gasteiger charge is -1.97. The molecule has 0 fully saturated rings. The number of rotatable bonds is 4. The molecule has 0 N–H and O–H groups in total. The van der Waals surface area contributed by atoms with Gasteiger partial charge in [0.2, 0.25) is 0 Å². The Morgan fingerprint density at radius 1 is 0.882 bits per heavy atom. The van der Waals surface area contributed by atoms with E-state index in [9.17, 15) is 4.21 Å². The molecule has 0 saturated heterocycles. The van der Waals surface area contributed by atoms with E-state index in [0.29, 0.717) is 5.75 Å². The van der Waals surface area contributed by atoms with Crippen LogP contribution in [0, 0.1) is 0 Å². The molecule has 0 spiro atoms. The molecule has 17 heavy (non-hydrogen) atoms. The first-order chi connectivity index (χ1) is 8.34. The number of hydrogen-bond acceptors (Lipinski definition) is 1. The maximum atomic E-state index is 11.8. The Hall–Kier alpha value is -1.67. The molecule has 2 aromatic carbocycles. The van der Waals surface area contributed by atoms with Crippen LogP contribution in [-0.4, -0.2) is 4.21 Å². The number of hydrogen-bond donors (Lipinski definition) is 0. The van der Waals surface area contributed by atoms with Gasteiger partial charge in [0.15, 0.2) is 0 Å². The number of benzene rings is 2. The van der Waals surface area contributed by atoms with Gasteiger partial charge in [-0.1, -0.05) is 60.7 Å². The van der Waals surface area contributed by atoms with Crippen LogP contribution in [0.15, 0.2) is 66.1 Å². The molecule has 2 aromatic rings. The highest BCUT2D eigenvalue weighted by atomic mass is 32.2. The third-order valence-corrected chi connectivity index (χ3v) is 3.42. The summed E-state index contributed by atoms with van der Waals surface area (Å²) in [5, 5.41) is 1.75. The molecule has 0 aliphatic rings. The van der Waals surface area contributed by atoms with Crippen LogP contribution in [0.25, 0.3) is 6.08 Å². The van der Waals surface area contributed by atoms with Crippen molar-refractivity contribution in [1.82, 2.24) is 0 Å². The fraction of sp³-hybridized carbons (Fsp3) is 0.0667. The van der Waals surface area contributed by atoms with Crippen molar-refractivity contribution < 1.29 is 4.21 Å². The molecule has 1 atom stereocenters. The molecule has 0 bridgehead atoms. The van der Waals surface area contributed by atoms with Crippen LogP contribution in [0.3, 0.4) is 0 Å². The minimum absolute atomic E-state index is 0.574. The van der Waals surface area contributed by atoms with E-state index < -0.39 is 10.8 Å². The van der Waals surface area contributed by atoms with E-state index in [1.165, 1.54) is 0 Å². The average molecular weight is 242 g/mol. The van der Waals surface area contributed by atoms with Crippen LogP contribution in [0.4, 0.5) is 0 Å². The molecule has 1 unspecified atom stereocenters. The third-order valence-electron chi connectivity index (χ3n) is 2.36. The zero-order valence-corrected chi connectivity index (χ0v) is 10.3. The molecule has 0 aliphatic heterocycles. The molecule has 0 aromatic heterocycles. The van der Waals surface area contributed by atoms with Gasteiger partial charge in [0.25, 0.3) is 0 Å². The van der Waals surface area contributed by atoms with Crippen molar-refractivity contribution in [3.63, 3.8) is 0 Å². The molecular formula is C15H14OS. The van der Waals surface area contributed by atoms with Gasteiger partial charge in [0.1, 0.15) is 0 Å². The second-order valence-corrected chi connectivity index (χ2v) is 5.05. The molecule has 0 radical (unpaired) electrons. The van der Waals surface area contributed by atoms with Crippen molar-refractivity contribution in [1.29, 1.82) is 0 Å². The van der Waals surface area contributed by atoms with Gasteiger partial charge >= 0.3 is 0 Å². The van der Waals surface area contributed by atoms with Crippen molar-refractivity contribution in [3.05, 3.63) is 77.2 Å². The first-order valence-corrected chi connectivity index (χ1v) is 6.87. The molecule has 86 valence electrons. The second-order valence-electron chi connectivity index (χ2n) is 3.72. The Morgan fingerprint density at radius 2 is 1.47 bits per heavy atom. The lowest BCUT2D eigenvalue weighted by molar-refractivity contribution is 0.688. The maximum Gasteiger partial charge on any atom is 0.0526 e. The molecule has 0 saturated carbocycles. The Labute approximate surface area is 104 Å². The Kier molecular flexibility index (Phi) is 4.28. The molecule has 0 aliphatic carbocycles. The van der Waals surface area contributed by atoms with Gasteiger partial charge in [-0.15, -0.1) is 0 Å². The molecule has 2 rings (SSSR count). The van der Waals surface area contributed by atoms with Gasteiger partial charge in [0, 0.05) is 5.41 Å². The van der Waals surface area contributed by atoms with E-state index in [-0.39, 0.29) is 0 Å². The van der Waals surface area contributed by atoms with Gasteiger partial charge in [-0.25, -0.2) is 0 Å². The Bertz CT molecular complexity index is 503. The van der Waals surface area contributed by atoms with Gasteiger partial charge in [-0.05, 0) is 17.2 Å². The van der Waals surface area contributed by atoms with E-state index >= 15 is 0 Å². The monoisotopic (exact) mass is 242 g/mol. The summed E-state index contributed by atoms with van der Waals surface area (Å²) in [7, 11) is -0.952. The first kappa shape index (κ1) is 11.8. The first-order valence-electron chi connectivity index (χ1n) is 5.49. The second kappa shape index (κ2) is 6.16. The van der Waals surface area contributed by atoms with Gasteiger partial charge < -0.3 is 0 Å². The van der Waals surface area contributed by atoms with E-state index in [4.69, 9.17) is 0 Å². The summed E-state index contributed by atoms with van der Waals surface area (Å²) in [6.07, 6.45) is 1.90. The van der Waals surface area contributed by atoms with Crippen LogP contribution in [0.2, 0.25) is 0 Å². The molecule has 2 heteroatoms. The van der Waals surface area contributed by atoms with Gasteiger partial charge in [0.05, 0.1) is 16.6 Å². The van der Waals surface area contributed by atoms with Crippen LogP contribution in [-0.2, 0) is 16.6 Å². The van der Waals surface area contributed by atoms with Crippen LogP contribution >= 0.6 is 0 Å². The molecular weight excluding hydrogens is 228 g/mol. The molecule has 1 nitrogen and oxygen atoms in total. The summed E-state index contributed by atoms with van der Waals surface area (Å²) in [4.78, 5) is 0. The minimum atomic E-state index is -0.952. The summed E-state index contributed by atoms with van der Waals surface area (Å²) in [5.41, 5.74) is 2.18. The van der Waals surface area contributed by atoms with Crippen molar-refractivity contribution >= 4 is 16.9 Å². The predicted octanol–water partition coefficient (Wildman–Crippen LogP) is 3.61. The highest BCUT2D eigenvalue weighted by Gasteiger charge is 1.96. The van der Waals surface area contributed by atoms with Crippen molar-refractivity contribution in [2.45, 2.75) is 5.75 Å². The fourth-order valence-electron chi connectivity index (χ4n) is 1.51. The standard InChI is InChI=1S/C15H14OS/c16-17(13-15-9-5-2-6-10-15)12-11-14-7-3-1-4-8-14/h1-12H,13H2. The largest absolute Gasteiger partial charge is 0.255 e. The minimum Gasteiger partial charge on any atom is -0.255 e.